The van der Waals surface area contributed by atoms with Crippen LogP contribution in [0.5, 0.6) is 0 Å². The predicted molar refractivity (Wildman–Crippen MR) is 69.1 cm³/mol. The average Bonchev–Trinajstić information content (AvgIpc) is 3.05. The van der Waals surface area contributed by atoms with Gasteiger partial charge in [0.25, 0.3) is 0 Å². The first-order valence-corrected chi connectivity index (χ1v) is 6.61. The van der Waals surface area contributed by atoms with E-state index >= 15 is 0 Å². The third kappa shape index (κ3) is 2.64. The molecule has 0 spiro atoms. The molecule has 7 heteroatoms. The van der Waals surface area contributed by atoms with E-state index in [0.29, 0.717) is 37.1 Å². The van der Waals surface area contributed by atoms with E-state index in [-0.39, 0.29) is 5.28 Å². The summed E-state index contributed by atoms with van der Waals surface area (Å²) in [7, 11) is 0. The maximum absolute atomic E-state index is 5.95. The lowest BCUT2D eigenvalue weighted by Gasteiger charge is -2.26. The summed E-state index contributed by atoms with van der Waals surface area (Å²) < 4.78 is 5.31. The number of hydrogen-bond acceptors (Lipinski definition) is 6. The molecule has 2 atom stereocenters. The number of ether oxygens (including phenoxy) is 1. The van der Waals surface area contributed by atoms with E-state index in [0.717, 1.165) is 19.5 Å². The molecule has 1 aliphatic heterocycles. The van der Waals surface area contributed by atoms with Gasteiger partial charge in [-0.15, -0.1) is 0 Å². The fourth-order valence-electron chi connectivity index (χ4n) is 2.00. The van der Waals surface area contributed by atoms with Crippen molar-refractivity contribution >= 4 is 23.5 Å². The zero-order valence-corrected chi connectivity index (χ0v) is 11.0. The molecule has 1 aromatic heterocycles. The Bertz CT molecular complexity index is 437. The van der Waals surface area contributed by atoms with Crippen molar-refractivity contribution in [2.24, 2.45) is 5.92 Å². The Morgan fingerprint density at radius 1 is 1.28 bits per heavy atom. The van der Waals surface area contributed by atoms with Crippen LogP contribution in [0.2, 0.25) is 5.28 Å². The van der Waals surface area contributed by atoms with E-state index < -0.39 is 0 Å². The van der Waals surface area contributed by atoms with Crippen LogP contribution >= 0.6 is 11.6 Å². The molecule has 0 aromatic carbocycles. The minimum atomic E-state index is 0.238. The van der Waals surface area contributed by atoms with Gasteiger partial charge < -0.3 is 15.0 Å². The summed E-state index contributed by atoms with van der Waals surface area (Å²) in [5.74, 6) is 1.90. The molecule has 2 heterocycles. The number of morpholine rings is 1. The summed E-state index contributed by atoms with van der Waals surface area (Å²) in [6.45, 7) is 5.18. The Labute approximate surface area is 111 Å². The summed E-state index contributed by atoms with van der Waals surface area (Å²) in [5, 5.41) is 3.52. The highest BCUT2D eigenvalue weighted by atomic mass is 35.5. The van der Waals surface area contributed by atoms with Crippen LogP contribution in [-0.4, -0.2) is 47.3 Å². The smallest absolute Gasteiger partial charge is 0.231 e. The lowest BCUT2D eigenvalue weighted by Crippen LogP contribution is -2.37. The number of nitrogens with one attached hydrogen (secondary N) is 1. The van der Waals surface area contributed by atoms with E-state index in [4.69, 9.17) is 16.3 Å². The highest BCUT2D eigenvalue weighted by Gasteiger charge is 2.33. The number of anilines is 2. The summed E-state index contributed by atoms with van der Waals surface area (Å²) in [5.41, 5.74) is 0. The van der Waals surface area contributed by atoms with Crippen molar-refractivity contribution in [1.29, 1.82) is 0 Å². The number of nitrogens with zero attached hydrogens (tertiary/aromatic N) is 4. The Hall–Kier alpha value is -1.14. The minimum absolute atomic E-state index is 0.238. The molecule has 1 saturated carbocycles. The zero-order chi connectivity index (χ0) is 12.5. The standard InChI is InChI=1S/C11H16ClN5O/c1-7-6-8(7)13-10-14-9(12)15-11(16-10)17-2-4-18-5-3-17/h7-8H,2-6H2,1H3,(H,13,14,15,16). The summed E-state index contributed by atoms with van der Waals surface area (Å²) in [4.78, 5) is 14.8. The lowest BCUT2D eigenvalue weighted by molar-refractivity contribution is 0.122. The molecule has 1 saturated heterocycles. The van der Waals surface area contributed by atoms with Crippen LogP contribution in [0, 0.1) is 5.92 Å². The van der Waals surface area contributed by atoms with Crippen LogP contribution in [-0.2, 0) is 4.74 Å². The van der Waals surface area contributed by atoms with Gasteiger partial charge in [0.15, 0.2) is 0 Å². The van der Waals surface area contributed by atoms with Gasteiger partial charge in [0, 0.05) is 19.1 Å². The van der Waals surface area contributed by atoms with E-state index in [1.54, 1.807) is 0 Å². The summed E-state index contributed by atoms with van der Waals surface area (Å²) >= 11 is 5.95. The zero-order valence-electron chi connectivity index (χ0n) is 10.3. The molecule has 2 aliphatic rings. The molecule has 2 unspecified atom stereocenters. The first kappa shape index (κ1) is 11.9. The van der Waals surface area contributed by atoms with Crippen LogP contribution in [0.1, 0.15) is 13.3 Å². The second-order valence-corrected chi connectivity index (χ2v) is 5.13. The number of hydrogen-bond donors (Lipinski definition) is 1. The lowest BCUT2D eigenvalue weighted by atomic mass is 10.4. The van der Waals surface area contributed by atoms with Crippen molar-refractivity contribution in [2.75, 3.05) is 36.5 Å². The van der Waals surface area contributed by atoms with Crippen LogP contribution < -0.4 is 10.2 Å². The Morgan fingerprint density at radius 3 is 2.67 bits per heavy atom. The Balaban J connectivity index is 1.76. The third-order valence-electron chi connectivity index (χ3n) is 3.31. The van der Waals surface area contributed by atoms with Gasteiger partial charge in [0.2, 0.25) is 17.2 Å². The van der Waals surface area contributed by atoms with Gasteiger partial charge in [0.1, 0.15) is 0 Å². The predicted octanol–water partition coefficient (Wildman–Crippen LogP) is 1.18. The first-order chi connectivity index (χ1) is 8.72. The highest BCUT2D eigenvalue weighted by Crippen LogP contribution is 2.32. The van der Waals surface area contributed by atoms with Gasteiger partial charge in [-0.05, 0) is 23.9 Å². The van der Waals surface area contributed by atoms with E-state index in [2.05, 4.69) is 32.1 Å². The third-order valence-corrected chi connectivity index (χ3v) is 3.48. The molecule has 18 heavy (non-hydrogen) atoms. The molecule has 1 N–H and O–H groups in total. The molecular weight excluding hydrogens is 254 g/mol. The Kier molecular flexibility index (Phi) is 3.22. The van der Waals surface area contributed by atoms with Crippen molar-refractivity contribution in [3.8, 4) is 0 Å². The Morgan fingerprint density at radius 2 is 2.00 bits per heavy atom. The molecule has 98 valence electrons. The molecule has 2 fully saturated rings. The average molecular weight is 270 g/mol. The molecule has 0 bridgehead atoms. The summed E-state index contributed by atoms with van der Waals surface area (Å²) in [6, 6.07) is 0.473. The molecular formula is C11H16ClN5O. The monoisotopic (exact) mass is 269 g/mol. The van der Waals surface area contributed by atoms with Crippen molar-refractivity contribution in [2.45, 2.75) is 19.4 Å². The van der Waals surface area contributed by atoms with Crippen LogP contribution in [0.25, 0.3) is 0 Å². The molecule has 1 aliphatic carbocycles. The largest absolute Gasteiger partial charge is 0.378 e. The van der Waals surface area contributed by atoms with Crippen molar-refractivity contribution in [1.82, 2.24) is 15.0 Å². The van der Waals surface area contributed by atoms with Gasteiger partial charge in [0.05, 0.1) is 13.2 Å². The number of aromatic nitrogens is 3. The van der Waals surface area contributed by atoms with Crippen molar-refractivity contribution in [3.63, 3.8) is 0 Å². The second-order valence-electron chi connectivity index (χ2n) is 4.79. The van der Waals surface area contributed by atoms with Crippen LogP contribution in [0.3, 0.4) is 0 Å². The van der Waals surface area contributed by atoms with Gasteiger partial charge in [-0.3, -0.25) is 0 Å². The van der Waals surface area contributed by atoms with E-state index in [1.807, 2.05) is 0 Å². The second kappa shape index (κ2) is 4.85. The van der Waals surface area contributed by atoms with E-state index in [9.17, 15) is 0 Å². The van der Waals surface area contributed by atoms with Crippen LogP contribution in [0.4, 0.5) is 11.9 Å². The summed E-state index contributed by atoms with van der Waals surface area (Å²) in [6.07, 6.45) is 1.16. The number of rotatable bonds is 3. The minimum Gasteiger partial charge on any atom is -0.378 e. The van der Waals surface area contributed by atoms with Gasteiger partial charge in [-0.25, -0.2) is 0 Å². The molecule has 0 amide bonds. The maximum atomic E-state index is 5.95. The topological polar surface area (TPSA) is 63.2 Å². The van der Waals surface area contributed by atoms with Crippen molar-refractivity contribution < 1.29 is 4.74 Å². The normalized spacial score (nSPS) is 27.1. The highest BCUT2D eigenvalue weighted by molar-refractivity contribution is 6.28. The van der Waals surface area contributed by atoms with Crippen LogP contribution in [0.15, 0.2) is 0 Å². The molecule has 1 aromatic rings. The van der Waals surface area contributed by atoms with Gasteiger partial charge in [-0.2, -0.15) is 15.0 Å². The fourth-order valence-corrected chi connectivity index (χ4v) is 2.15. The fraction of sp³-hybridized carbons (Fsp3) is 0.727. The van der Waals surface area contributed by atoms with E-state index in [1.165, 1.54) is 0 Å². The maximum Gasteiger partial charge on any atom is 0.231 e. The van der Waals surface area contributed by atoms with Gasteiger partial charge >= 0.3 is 0 Å². The molecule has 6 nitrogen and oxygen atoms in total. The van der Waals surface area contributed by atoms with Gasteiger partial charge in [-0.1, -0.05) is 6.92 Å². The quantitative estimate of drug-likeness (QED) is 0.889. The molecule has 3 rings (SSSR count). The first-order valence-electron chi connectivity index (χ1n) is 6.23. The number of halogens is 1. The SMILES string of the molecule is CC1CC1Nc1nc(Cl)nc(N2CCOCC2)n1. The molecule has 0 radical (unpaired) electrons. The van der Waals surface area contributed by atoms with Crippen molar-refractivity contribution in [3.05, 3.63) is 5.28 Å².